The third-order valence-electron chi connectivity index (χ3n) is 2.91. The largest absolute Gasteiger partial charge is 0.489 e. The minimum atomic E-state index is -0.266. The zero-order chi connectivity index (χ0) is 13.2. The Balaban J connectivity index is 1.75. The second-order valence-electron chi connectivity index (χ2n) is 4.26. The first-order valence-corrected chi connectivity index (χ1v) is 6.65. The third-order valence-corrected chi connectivity index (χ3v) is 3.52. The lowest BCUT2D eigenvalue weighted by Crippen LogP contribution is -1.95. The summed E-state index contributed by atoms with van der Waals surface area (Å²) in [5, 5.41) is 1.11. The minimum absolute atomic E-state index is 0.266. The van der Waals surface area contributed by atoms with Crippen LogP contribution in [0, 0.1) is 5.82 Å². The van der Waals surface area contributed by atoms with E-state index in [0.717, 1.165) is 22.2 Å². The van der Waals surface area contributed by atoms with Gasteiger partial charge in [0.15, 0.2) is 0 Å². The molecule has 3 aromatic rings. The molecule has 0 aliphatic carbocycles. The van der Waals surface area contributed by atoms with Crippen molar-refractivity contribution in [1.82, 2.24) is 4.98 Å². The fourth-order valence-electron chi connectivity index (χ4n) is 1.92. The number of fused-ring (bicyclic) bond motifs is 1. The molecule has 0 aliphatic rings. The summed E-state index contributed by atoms with van der Waals surface area (Å²) in [5.41, 5.74) is 2.00. The predicted molar refractivity (Wildman–Crippen MR) is 76.7 cm³/mol. The van der Waals surface area contributed by atoms with E-state index in [0.29, 0.717) is 11.1 Å². The molecule has 0 saturated heterocycles. The summed E-state index contributed by atoms with van der Waals surface area (Å²) in [6.45, 7) is 0.412. The minimum Gasteiger partial charge on any atom is -0.489 e. The Morgan fingerprint density at radius 1 is 1.11 bits per heavy atom. The summed E-state index contributed by atoms with van der Waals surface area (Å²) in [6.07, 6.45) is 1.89. The summed E-state index contributed by atoms with van der Waals surface area (Å²) in [7, 11) is 0. The van der Waals surface area contributed by atoms with Crippen molar-refractivity contribution in [1.29, 1.82) is 0 Å². The highest BCUT2D eigenvalue weighted by atomic mass is 79.9. The number of rotatable bonds is 3. The third kappa shape index (κ3) is 2.63. The van der Waals surface area contributed by atoms with Crippen LogP contribution < -0.4 is 4.74 Å². The van der Waals surface area contributed by atoms with E-state index in [4.69, 9.17) is 4.74 Å². The monoisotopic (exact) mass is 319 g/mol. The molecule has 0 spiro atoms. The number of H-pyrrole nitrogens is 1. The van der Waals surface area contributed by atoms with E-state index in [2.05, 4.69) is 20.9 Å². The SMILES string of the molecule is Fc1ccc(COc2ccc3[nH]ccc3c2)cc1Br. The Bertz CT molecular complexity index is 723. The van der Waals surface area contributed by atoms with Crippen LogP contribution in [0.25, 0.3) is 10.9 Å². The molecular formula is C15H11BrFNO. The average molecular weight is 320 g/mol. The van der Waals surface area contributed by atoms with Crippen molar-refractivity contribution in [2.24, 2.45) is 0 Å². The molecule has 1 N–H and O–H groups in total. The molecule has 0 amide bonds. The molecule has 0 bridgehead atoms. The molecule has 1 heterocycles. The zero-order valence-corrected chi connectivity index (χ0v) is 11.6. The molecule has 19 heavy (non-hydrogen) atoms. The second-order valence-corrected chi connectivity index (χ2v) is 5.12. The van der Waals surface area contributed by atoms with Crippen molar-refractivity contribution in [3.05, 3.63) is 64.5 Å². The van der Waals surface area contributed by atoms with Gasteiger partial charge < -0.3 is 9.72 Å². The van der Waals surface area contributed by atoms with Gasteiger partial charge >= 0.3 is 0 Å². The molecule has 3 rings (SSSR count). The molecule has 0 radical (unpaired) electrons. The first-order valence-electron chi connectivity index (χ1n) is 5.86. The van der Waals surface area contributed by atoms with Crippen molar-refractivity contribution in [3.8, 4) is 5.75 Å². The Morgan fingerprint density at radius 2 is 2.00 bits per heavy atom. The quantitative estimate of drug-likeness (QED) is 0.747. The van der Waals surface area contributed by atoms with Crippen molar-refractivity contribution < 1.29 is 9.13 Å². The van der Waals surface area contributed by atoms with Gasteiger partial charge in [0.05, 0.1) is 4.47 Å². The van der Waals surface area contributed by atoms with Crippen LogP contribution in [0.15, 0.2) is 53.1 Å². The van der Waals surface area contributed by atoms with Crippen LogP contribution in [0.4, 0.5) is 4.39 Å². The number of ether oxygens (including phenoxy) is 1. The van der Waals surface area contributed by atoms with Gasteiger partial charge in [-0.2, -0.15) is 0 Å². The zero-order valence-electron chi connectivity index (χ0n) is 9.99. The van der Waals surface area contributed by atoms with Gasteiger partial charge in [0, 0.05) is 17.1 Å². The lowest BCUT2D eigenvalue weighted by Gasteiger charge is -2.07. The Kier molecular flexibility index (Phi) is 3.25. The molecule has 0 saturated carbocycles. The van der Waals surface area contributed by atoms with Crippen LogP contribution >= 0.6 is 15.9 Å². The van der Waals surface area contributed by atoms with Crippen LogP contribution in [0.2, 0.25) is 0 Å². The van der Waals surface area contributed by atoms with Gasteiger partial charge in [-0.3, -0.25) is 0 Å². The van der Waals surface area contributed by atoms with E-state index in [-0.39, 0.29) is 5.82 Å². The summed E-state index contributed by atoms with van der Waals surface area (Å²) in [6, 6.07) is 12.7. The van der Waals surface area contributed by atoms with E-state index < -0.39 is 0 Å². The lowest BCUT2D eigenvalue weighted by molar-refractivity contribution is 0.306. The number of hydrogen-bond donors (Lipinski definition) is 1. The van der Waals surface area contributed by atoms with Crippen LogP contribution in [0.3, 0.4) is 0 Å². The van der Waals surface area contributed by atoms with Gasteiger partial charge in [-0.25, -0.2) is 4.39 Å². The molecule has 2 nitrogen and oxygen atoms in total. The number of aromatic nitrogens is 1. The van der Waals surface area contributed by atoms with E-state index in [9.17, 15) is 4.39 Å². The normalized spacial score (nSPS) is 10.8. The average Bonchev–Trinajstić information content (AvgIpc) is 2.87. The highest BCUT2D eigenvalue weighted by Crippen LogP contribution is 2.22. The van der Waals surface area contributed by atoms with Crippen LogP contribution in [-0.4, -0.2) is 4.98 Å². The van der Waals surface area contributed by atoms with Crippen molar-refractivity contribution in [3.63, 3.8) is 0 Å². The van der Waals surface area contributed by atoms with Gasteiger partial charge in [-0.1, -0.05) is 6.07 Å². The molecule has 0 fully saturated rings. The maximum absolute atomic E-state index is 13.1. The van der Waals surface area contributed by atoms with Crippen molar-refractivity contribution in [2.75, 3.05) is 0 Å². The molecule has 0 atom stereocenters. The second kappa shape index (κ2) is 5.05. The number of hydrogen-bond acceptors (Lipinski definition) is 1. The van der Waals surface area contributed by atoms with Crippen LogP contribution in [-0.2, 0) is 6.61 Å². The highest BCUT2D eigenvalue weighted by Gasteiger charge is 2.02. The number of halogens is 2. The van der Waals surface area contributed by atoms with Gasteiger partial charge in [0.2, 0.25) is 0 Å². The number of nitrogens with one attached hydrogen (secondary N) is 1. The molecule has 96 valence electrons. The van der Waals surface area contributed by atoms with Crippen LogP contribution in [0.1, 0.15) is 5.56 Å². The number of aromatic amines is 1. The van der Waals surface area contributed by atoms with E-state index >= 15 is 0 Å². The summed E-state index contributed by atoms with van der Waals surface area (Å²) in [4.78, 5) is 3.13. The Morgan fingerprint density at radius 3 is 2.84 bits per heavy atom. The predicted octanol–water partition coefficient (Wildman–Crippen LogP) is 4.65. The topological polar surface area (TPSA) is 25.0 Å². The lowest BCUT2D eigenvalue weighted by atomic mass is 10.2. The van der Waals surface area contributed by atoms with Crippen LogP contribution in [0.5, 0.6) is 5.75 Å². The molecule has 4 heteroatoms. The maximum atomic E-state index is 13.1. The summed E-state index contributed by atoms with van der Waals surface area (Å²) in [5.74, 6) is 0.532. The smallest absolute Gasteiger partial charge is 0.137 e. The highest BCUT2D eigenvalue weighted by molar-refractivity contribution is 9.10. The molecule has 0 unspecified atom stereocenters. The van der Waals surface area contributed by atoms with Crippen molar-refractivity contribution >= 4 is 26.8 Å². The van der Waals surface area contributed by atoms with Gasteiger partial charge in [-0.05, 0) is 57.9 Å². The summed E-state index contributed by atoms with van der Waals surface area (Å²) < 4.78 is 19.3. The van der Waals surface area contributed by atoms with E-state index in [1.165, 1.54) is 6.07 Å². The van der Waals surface area contributed by atoms with Gasteiger partial charge in [0.25, 0.3) is 0 Å². The Labute approximate surface area is 118 Å². The standard InChI is InChI=1S/C15H11BrFNO/c16-13-7-10(1-3-14(13)17)9-19-12-2-4-15-11(8-12)5-6-18-15/h1-8,18H,9H2. The molecule has 0 aliphatic heterocycles. The number of benzene rings is 2. The fraction of sp³-hybridized carbons (Fsp3) is 0.0667. The maximum Gasteiger partial charge on any atom is 0.137 e. The van der Waals surface area contributed by atoms with Crippen molar-refractivity contribution in [2.45, 2.75) is 6.61 Å². The molecule has 2 aromatic carbocycles. The fourth-order valence-corrected chi connectivity index (χ4v) is 2.34. The summed E-state index contributed by atoms with van der Waals surface area (Å²) >= 11 is 3.16. The van der Waals surface area contributed by atoms with E-state index in [1.54, 1.807) is 12.1 Å². The molecule has 1 aromatic heterocycles. The van der Waals surface area contributed by atoms with E-state index in [1.807, 2.05) is 30.5 Å². The van der Waals surface area contributed by atoms with Gasteiger partial charge in [0.1, 0.15) is 18.2 Å². The Hall–Kier alpha value is -1.81. The first-order chi connectivity index (χ1) is 9.22. The first kappa shape index (κ1) is 12.2. The molecular weight excluding hydrogens is 309 g/mol. The van der Waals surface area contributed by atoms with Gasteiger partial charge in [-0.15, -0.1) is 0 Å².